The minimum absolute atomic E-state index is 0.754. The van der Waals surface area contributed by atoms with Crippen LogP contribution in [0.4, 0.5) is 0 Å². The van der Waals surface area contributed by atoms with Crippen LogP contribution in [0.1, 0.15) is 31.2 Å². The minimum atomic E-state index is 0.754. The molecule has 26 heavy (non-hydrogen) atoms. The minimum Gasteiger partial charge on any atom is -0.497 e. The Morgan fingerprint density at radius 3 is 3.08 bits per heavy atom. The summed E-state index contributed by atoms with van der Waals surface area (Å²) < 4.78 is 5.34. The molecule has 0 bridgehead atoms. The number of likely N-dealkylation sites (tertiary alicyclic amines) is 1. The van der Waals surface area contributed by atoms with Gasteiger partial charge in [-0.2, -0.15) is 0 Å². The average Bonchev–Trinajstić information content (AvgIpc) is 3.19. The number of benzene rings is 1. The van der Waals surface area contributed by atoms with E-state index in [9.17, 15) is 0 Å². The van der Waals surface area contributed by atoms with E-state index in [1.165, 1.54) is 31.5 Å². The third kappa shape index (κ3) is 5.58. The van der Waals surface area contributed by atoms with Crippen LogP contribution in [0.25, 0.3) is 0 Å². The van der Waals surface area contributed by atoms with Gasteiger partial charge in [-0.25, -0.2) is 4.98 Å². The lowest BCUT2D eigenvalue weighted by Gasteiger charge is -2.35. The molecule has 3 rings (SSSR count). The number of piperidine rings is 1. The van der Waals surface area contributed by atoms with Gasteiger partial charge in [-0.3, -0.25) is 4.90 Å². The highest BCUT2D eigenvalue weighted by Gasteiger charge is 2.22. The Morgan fingerprint density at radius 2 is 2.31 bits per heavy atom. The molecule has 1 unspecified atom stereocenters. The number of H-pyrrole nitrogens is 1. The normalized spacial score (nSPS) is 18.3. The molecule has 1 saturated heterocycles. The van der Waals surface area contributed by atoms with Crippen LogP contribution in [0, 0.1) is 5.92 Å². The lowest BCUT2D eigenvalue weighted by Crippen LogP contribution is -2.41. The summed E-state index contributed by atoms with van der Waals surface area (Å²) in [6.07, 6.45) is 7.48. The van der Waals surface area contributed by atoms with Gasteiger partial charge in [0.15, 0.2) is 0 Å². The van der Waals surface area contributed by atoms with Gasteiger partial charge < -0.3 is 14.6 Å². The van der Waals surface area contributed by atoms with Crippen molar-refractivity contribution in [3.05, 3.63) is 48.0 Å². The van der Waals surface area contributed by atoms with Crippen molar-refractivity contribution >= 4 is 0 Å². The maximum absolute atomic E-state index is 5.34. The summed E-state index contributed by atoms with van der Waals surface area (Å²) in [5.41, 5.74) is 1.36. The molecule has 5 heteroatoms. The summed E-state index contributed by atoms with van der Waals surface area (Å²) in [4.78, 5) is 12.7. The Hall–Kier alpha value is -1.85. The fourth-order valence-electron chi connectivity index (χ4n) is 3.89. The predicted molar refractivity (Wildman–Crippen MR) is 105 cm³/mol. The van der Waals surface area contributed by atoms with Crippen LogP contribution in [-0.4, -0.2) is 59.6 Å². The first-order valence-corrected chi connectivity index (χ1v) is 9.82. The Labute approximate surface area is 157 Å². The molecule has 142 valence electrons. The SMILES string of the molecule is CCN(Cc1ncc[nH]1)CC1CCCN(CCc2cccc(OC)c2)C1. The molecule has 2 heterocycles. The van der Waals surface area contributed by atoms with Gasteiger partial charge in [0.25, 0.3) is 0 Å². The standard InChI is InChI=1S/C21H32N4O/c1-3-24(17-21-22-10-11-23-21)15-19-7-5-12-25(16-19)13-9-18-6-4-8-20(14-18)26-2/h4,6,8,10-11,14,19H,3,5,7,9,12-13,15-17H2,1-2H3,(H,22,23). The number of nitrogens with zero attached hydrogens (tertiary/aromatic N) is 3. The van der Waals surface area contributed by atoms with Gasteiger partial charge in [-0.1, -0.05) is 19.1 Å². The molecule has 1 aromatic heterocycles. The molecule has 1 fully saturated rings. The van der Waals surface area contributed by atoms with Crippen molar-refractivity contribution in [1.29, 1.82) is 0 Å². The van der Waals surface area contributed by atoms with Crippen LogP contribution in [0.3, 0.4) is 0 Å². The van der Waals surface area contributed by atoms with Gasteiger partial charge in [0, 0.05) is 32.0 Å². The number of ether oxygens (including phenoxy) is 1. The summed E-state index contributed by atoms with van der Waals surface area (Å²) in [7, 11) is 1.73. The van der Waals surface area contributed by atoms with Gasteiger partial charge in [-0.05, 0) is 56.0 Å². The van der Waals surface area contributed by atoms with E-state index in [1.807, 2.05) is 18.5 Å². The molecule has 2 aromatic rings. The molecule has 1 atom stereocenters. The quantitative estimate of drug-likeness (QED) is 0.749. The van der Waals surface area contributed by atoms with Crippen LogP contribution in [0.15, 0.2) is 36.7 Å². The zero-order chi connectivity index (χ0) is 18.2. The molecule has 1 aliphatic heterocycles. The topological polar surface area (TPSA) is 44.4 Å². The number of nitrogens with one attached hydrogen (secondary N) is 1. The smallest absolute Gasteiger partial charge is 0.120 e. The summed E-state index contributed by atoms with van der Waals surface area (Å²) in [6.45, 7) is 8.96. The highest BCUT2D eigenvalue weighted by atomic mass is 16.5. The van der Waals surface area contributed by atoms with E-state index in [0.717, 1.165) is 50.1 Å². The summed E-state index contributed by atoms with van der Waals surface area (Å²) in [5.74, 6) is 2.78. The zero-order valence-corrected chi connectivity index (χ0v) is 16.2. The second kappa shape index (κ2) is 9.74. The van der Waals surface area contributed by atoms with Crippen LogP contribution in [0.5, 0.6) is 5.75 Å². The number of hydrogen-bond acceptors (Lipinski definition) is 4. The van der Waals surface area contributed by atoms with Gasteiger partial charge in [-0.15, -0.1) is 0 Å². The molecular formula is C21H32N4O. The number of methoxy groups -OCH3 is 1. The molecule has 0 amide bonds. The number of rotatable bonds is 9. The monoisotopic (exact) mass is 356 g/mol. The molecule has 0 spiro atoms. The zero-order valence-electron chi connectivity index (χ0n) is 16.2. The third-order valence-corrected chi connectivity index (χ3v) is 5.35. The second-order valence-corrected chi connectivity index (χ2v) is 7.27. The number of hydrogen-bond donors (Lipinski definition) is 1. The third-order valence-electron chi connectivity index (χ3n) is 5.35. The lowest BCUT2D eigenvalue weighted by molar-refractivity contribution is 0.132. The van der Waals surface area contributed by atoms with E-state index in [4.69, 9.17) is 4.74 Å². The lowest BCUT2D eigenvalue weighted by atomic mass is 9.97. The first kappa shape index (κ1) is 18.9. The highest BCUT2D eigenvalue weighted by Crippen LogP contribution is 2.19. The fraction of sp³-hybridized carbons (Fsp3) is 0.571. The summed E-state index contributed by atoms with van der Waals surface area (Å²) >= 11 is 0. The Morgan fingerprint density at radius 1 is 1.38 bits per heavy atom. The van der Waals surface area contributed by atoms with E-state index < -0.39 is 0 Å². The Balaban J connectivity index is 1.47. The van der Waals surface area contributed by atoms with Crippen LogP contribution >= 0.6 is 0 Å². The molecule has 1 aliphatic rings. The first-order valence-electron chi connectivity index (χ1n) is 9.82. The number of aromatic nitrogens is 2. The molecule has 1 N–H and O–H groups in total. The Kier molecular flexibility index (Phi) is 7.09. The molecule has 5 nitrogen and oxygen atoms in total. The van der Waals surface area contributed by atoms with Crippen molar-refractivity contribution in [3.8, 4) is 5.75 Å². The second-order valence-electron chi connectivity index (χ2n) is 7.27. The van der Waals surface area contributed by atoms with Crippen LogP contribution < -0.4 is 4.74 Å². The maximum atomic E-state index is 5.34. The molecule has 0 saturated carbocycles. The van der Waals surface area contributed by atoms with Crippen molar-refractivity contribution < 1.29 is 4.74 Å². The van der Waals surface area contributed by atoms with Gasteiger partial charge in [0.1, 0.15) is 11.6 Å². The fourth-order valence-corrected chi connectivity index (χ4v) is 3.89. The van der Waals surface area contributed by atoms with E-state index >= 15 is 0 Å². The Bertz CT molecular complexity index is 643. The van der Waals surface area contributed by atoms with Crippen molar-refractivity contribution in [2.75, 3.05) is 39.8 Å². The highest BCUT2D eigenvalue weighted by molar-refractivity contribution is 5.28. The van der Waals surface area contributed by atoms with Gasteiger partial charge >= 0.3 is 0 Å². The van der Waals surface area contributed by atoms with Gasteiger partial charge in [0.05, 0.1) is 13.7 Å². The summed E-state index contributed by atoms with van der Waals surface area (Å²) in [5, 5.41) is 0. The summed E-state index contributed by atoms with van der Waals surface area (Å²) in [6, 6.07) is 8.45. The van der Waals surface area contributed by atoms with Gasteiger partial charge in [0.2, 0.25) is 0 Å². The molecular weight excluding hydrogens is 324 g/mol. The molecule has 0 aliphatic carbocycles. The molecule has 0 radical (unpaired) electrons. The predicted octanol–water partition coefficient (Wildman–Crippen LogP) is 3.19. The molecule has 1 aromatic carbocycles. The van der Waals surface area contributed by atoms with E-state index in [-0.39, 0.29) is 0 Å². The largest absolute Gasteiger partial charge is 0.497 e. The van der Waals surface area contributed by atoms with E-state index in [1.54, 1.807) is 7.11 Å². The first-order chi connectivity index (χ1) is 12.8. The van der Waals surface area contributed by atoms with E-state index in [0.29, 0.717) is 0 Å². The van der Waals surface area contributed by atoms with Crippen molar-refractivity contribution in [2.24, 2.45) is 5.92 Å². The van der Waals surface area contributed by atoms with Crippen molar-refractivity contribution in [1.82, 2.24) is 19.8 Å². The number of imidazole rings is 1. The number of aromatic amines is 1. The maximum Gasteiger partial charge on any atom is 0.120 e. The van der Waals surface area contributed by atoms with Crippen molar-refractivity contribution in [2.45, 2.75) is 32.7 Å². The van der Waals surface area contributed by atoms with Crippen LogP contribution in [0.2, 0.25) is 0 Å². The van der Waals surface area contributed by atoms with Crippen LogP contribution in [-0.2, 0) is 13.0 Å². The average molecular weight is 357 g/mol. The van der Waals surface area contributed by atoms with Crippen molar-refractivity contribution in [3.63, 3.8) is 0 Å². The van der Waals surface area contributed by atoms with E-state index in [2.05, 4.69) is 44.9 Å².